The van der Waals surface area contributed by atoms with E-state index in [2.05, 4.69) is 10.3 Å². The Hall–Kier alpha value is -1.62. The summed E-state index contributed by atoms with van der Waals surface area (Å²) in [7, 11) is 3.45. The number of nitrogens with zero attached hydrogens (tertiary/aromatic N) is 2. The van der Waals surface area contributed by atoms with Gasteiger partial charge in [-0.1, -0.05) is 0 Å². The number of aromatic nitrogens is 1. The Labute approximate surface area is 95.7 Å². The molecule has 0 spiro atoms. The molecule has 5 nitrogen and oxygen atoms in total. The number of nitrogens with one attached hydrogen (secondary N) is 1. The third-order valence-corrected chi connectivity index (χ3v) is 2.29. The summed E-state index contributed by atoms with van der Waals surface area (Å²) < 4.78 is 0. The number of carbonyl (C=O) groups is 1. The second kappa shape index (κ2) is 5.46. The maximum Gasteiger partial charge on any atom is 0.239 e. The van der Waals surface area contributed by atoms with E-state index >= 15 is 0 Å². The van der Waals surface area contributed by atoms with Crippen LogP contribution in [0.1, 0.15) is 11.3 Å². The first-order chi connectivity index (χ1) is 7.56. The monoisotopic (exact) mass is 222 g/mol. The Bertz CT molecular complexity index is 378. The van der Waals surface area contributed by atoms with Crippen LogP contribution in [0.25, 0.3) is 0 Å². The van der Waals surface area contributed by atoms with Crippen LogP contribution >= 0.6 is 0 Å². The normalized spacial score (nSPS) is 10.0. The minimum absolute atomic E-state index is 0.0416. The van der Waals surface area contributed by atoms with Crippen molar-refractivity contribution in [3.05, 3.63) is 23.4 Å². The Morgan fingerprint density at radius 2 is 2.25 bits per heavy atom. The van der Waals surface area contributed by atoms with Crippen LogP contribution in [-0.4, -0.2) is 31.5 Å². The molecule has 0 saturated carbocycles. The molecule has 0 radical (unpaired) electrons. The predicted octanol–water partition coefficient (Wildman–Crippen LogP) is 0.0309. The van der Waals surface area contributed by atoms with Gasteiger partial charge < -0.3 is 16.0 Å². The molecule has 0 bridgehead atoms. The van der Waals surface area contributed by atoms with Crippen molar-refractivity contribution in [1.82, 2.24) is 10.3 Å². The summed E-state index contributed by atoms with van der Waals surface area (Å²) in [5.41, 5.74) is 7.51. The van der Waals surface area contributed by atoms with Gasteiger partial charge in [0.15, 0.2) is 0 Å². The van der Waals surface area contributed by atoms with E-state index in [0.29, 0.717) is 6.54 Å². The SMILES string of the molecule is CNC(=O)CN(C)c1cc(CN)cc(C)n1. The third-order valence-electron chi connectivity index (χ3n) is 2.29. The second-order valence-corrected chi connectivity index (χ2v) is 3.71. The number of likely N-dealkylation sites (N-methyl/N-ethyl adjacent to an activating group) is 2. The molecule has 0 aliphatic heterocycles. The van der Waals surface area contributed by atoms with Crippen LogP contribution in [0.3, 0.4) is 0 Å². The number of nitrogens with two attached hydrogens (primary N) is 1. The van der Waals surface area contributed by atoms with E-state index in [1.165, 1.54) is 0 Å². The number of aryl methyl sites for hydroxylation is 1. The smallest absolute Gasteiger partial charge is 0.239 e. The fourth-order valence-electron chi connectivity index (χ4n) is 1.41. The van der Waals surface area contributed by atoms with Crippen molar-refractivity contribution >= 4 is 11.7 Å². The van der Waals surface area contributed by atoms with Gasteiger partial charge in [0.1, 0.15) is 5.82 Å². The highest BCUT2D eigenvalue weighted by molar-refractivity contribution is 5.80. The summed E-state index contributed by atoms with van der Waals surface area (Å²) >= 11 is 0. The molecule has 1 amide bonds. The van der Waals surface area contributed by atoms with Gasteiger partial charge in [-0.05, 0) is 24.6 Å². The van der Waals surface area contributed by atoms with E-state index in [-0.39, 0.29) is 12.5 Å². The summed E-state index contributed by atoms with van der Waals surface area (Å²) in [6, 6.07) is 3.84. The van der Waals surface area contributed by atoms with Gasteiger partial charge in [-0.3, -0.25) is 4.79 Å². The molecule has 16 heavy (non-hydrogen) atoms. The Morgan fingerprint density at radius 1 is 1.56 bits per heavy atom. The topological polar surface area (TPSA) is 71.2 Å². The van der Waals surface area contributed by atoms with Crippen LogP contribution in [0.5, 0.6) is 0 Å². The molecule has 3 N–H and O–H groups in total. The highest BCUT2D eigenvalue weighted by Gasteiger charge is 2.08. The van der Waals surface area contributed by atoms with Gasteiger partial charge in [0.25, 0.3) is 0 Å². The molecular formula is C11H18N4O. The molecule has 0 atom stereocenters. The summed E-state index contributed by atoms with van der Waals surface area (Å²) in [6.45, 7) is 2.68. The maximum atomic E-state index is 11.2. The van der Waals surface area contributed by atoms with Gasteiger partial charge in [0.05, 0.1) is 6.54 Å². The number of amides is 1. The molecule has 5 heteroatoms. The van der Waals surface area contributed by atoms with Crippen LogP contribution < -0.4 is 16.0 Å². The van der Waals surface area contributed by atoms with Crippen molar-refractivity contribution in [1.29, 1.82) is 0 Å². The van der Waals surface area contributed by atoms with E-state index in [1.54, 1.807) is 11.9 Å². The summed E-state index contributed by atoms with van der Waals surface area (Å²) in [5, 5.41) is 2.58. The van der Waals surface area contributed by atoms with Crippen molar-refractivity contribution in [2.75, 3.05) is 25.5 Å². The minimum atomic E-state index is -0.0416. The zero-order valence-corrected chi connectivity index (χ0v) is 9.95. The van der Waals surface area contributed by atoms with Crippen LogP contribution in [0.4, 0.5) is 5.82 Å². The number of pyridine rings is 1. The first-order valence-corrected chi connectivity index (χ1v) is 5.16. The third kappa shape index (κ3) is 3.20. The van der Waals surface area contributed by atoms with Crippen molar-refractivity contribution in [3.63, 3.8) is 0 Å². The van der Waals surface area contributed by atoms with Crippen LogP contribution in [0.2, 0.25) is 0 Å². The van der Waals surface area contributed by atoms with Crippen molar-refractivity contribution in [3.8, 4) is 0 Å². The number of rotatable bonds is 4. The summed E-state index contributed by atoms with van der Waals surface area (Å²) in [6.07, 6.45) is 0. The van der Waals surface area contributed by atoms with E-state index in [9.17, 15) is 4.79 Å². The van der Waals surface area contributed by atoms with E-state index in [4.69, 9.17) is 5.73 Å². The average Bonchev–Trinajstić information content (AvgIpc) is 2.27. The molecule has 0 unspecified atom stereocenters. The lowest BCUT2D eigenvalue weighted by molar-refractivity contribution is -0.119. The minimum Gasteiger partial charge on any atom is -0.358 e. The highest BCUT2D eigenvalue weighted by Crippen LogP contribution is 2.13. The fourth-order valence-corrected chi connectivity index (χ4v) is 1.41. The fraction of sp³-hybridized carbons (Fsp3) is 0.455. The lowest BCUT2D eigenvalue weighted by atomic mass is 10.2. The van der Waals surface area contributed by atoms with Crippen LogP contribution in [0.15, 0.2) is 12.1 Å². The van der Waals surface area contributed by atoms with Crippen LogP contribution in [0, 0.1) is 6.92 Å². The van der Waals surface area contributed by atoms with Gasteiger partial charge in [-0.25, -0.2) is 4.98 Å². The highest BCUT2D eigenvalue weighted by atomic mass is 16.1. The Kier molecular flexibility index (Phi) is 4.25. The van der Waals surface area contributed by atoms with E-state index < -0.39 is 0 Å². The van der Waals surface area contributed by atoms with Crippen molar-refractivity contribution in [2.45, 2.75) is 13.5 Å². The molecule has 1 aromatic heterocycles. The molecule has 88 valence electrons. The first kappa shape index (κ1) is 12.4. The Morgan fingerprint density at radius 3 is 2.81 bits per heavy atom. The second-order valence-electron chi connectivity index (χ2n) is 3.71. The summed E-state index contributed by atoms with van der Waals surface area (Å²) in [5.74, 6) is 0.726. The van der Waals surface area contributed by atoms with E-state index in [1.807, 2.05) is 26.1 Å². The van der Waals surface area contributed by atoms with Gasteiger partial charge >= 0.3 is 0 Å². The molecule has 1 rings (SSSR count). The molecule has 0 aliphatic carbocycles. The number of hydrogen-bond donors (Lipinski definition) is 2. The Balaban J connectivity index is 2.86. The van der Waals surface area contributed by atoms with Crippen molar-refractivity contribution < 1.29 is 4.79 Å². The first-order valence-electron chi connectivity index (χ1n) is 5.16. The molecule has 0 saturated heterocycles. The number of hydrogen-bond acceptors (Lipinski definition) is 4. The lowest BCUT2D eigenvalue weighted by Gasteiger charge is -2.18. The predicted molar refractivity (Wildman–Crippen MR) is 64.2 cm³/mol. The molecule has 0 aliphatic rings. The maximum absolute atomic E-state index is 11.2. The van der Waals surface area contributed by atoms with Crippen molar-refractivity contribution in [2.24, 2.45) is 5.73 Å². The molecule has 0 aromatic carbocycles. The number of anilines is 1. The zero-order chi connectivity index (χ0) is 12.1. The number of carbonyl (C=O) groups excluding carboxylic acids is 1. The standard InChI is InChI=1S/C11H18N4O/c1-8-4-9(6-12)5-10(14-8)15(3)7-11(16)13-2/h4-5H,6-7,12H2,1-3H3,(H,13,16). The largest absolute Gasteiger partial charge is 0.358 e. The van der Waals surface area contributed by atoms with E-state index in [0.717, 1.165) is 17.1 Å². The molecule has 1 aromatic rings. The van der Waals surface area contributed by atoms with Gasteiger partial charge in [-0.2, -0.15) is 0 Å². The lowest BCUT2D eigenvalue weighted by Crippen LogP contribution is -2.33. The van der Waals surface area contributed by atoms with Gasteiger partial charge in [-0.15, -0.1) is 0 Å². The average molecular weight is 222 g/mol. The van der Waals surface area contributed by atoms with Gasteiger partial charge in [0, 0.05) is 26.3 Å². The molecule has 0 fully saturated rings. The molecular weight excluding hydrogens is 204 g/mol. The zero-order valence-electron chi connectivity index (χ0n) is 9.95. The van der Waals surface area contributed by atoms with Crippen LogP contribution in [-0.2, 0) is 11.3 Å². The summed E-state index contributed by atoms with van der Waals surface area (Å²) in [4.78, 5) is 17.4. The quantitative estimate of drug-likeness (QED) is 0.754. The molecule has 1 heterocycles. The van der Waals surface area contributed by atoms with Gasteiger partial charge in [0.2, 0.25) is 5.91 Å².